The van der Waals surface area contributed by atoms with Crippen LogP contribution < -0.4 is 0 Å². The highest BCUT2D eigenvalue weighted by Gasteiger charge is 2.33. The first-order valence-electron chi connectivity index (χ1n) is 14.2. The zero-order valence-corrected chi connectivity index (χ0v) is 23.8. The summed E-state index contributed by atoms with van der Waals surface area (Å²) < 4.78 is 21.6. The molecule has 0 aromatic rings. The van der Waals surface area contributed by atoms with Gasteiger partial charge in [-0.3, -0.25) is 0 Å². The Bertz CT molecular complexity index is 509. The second kappa shape index (κ2) is 22.1. The molecule has 0 N–H and O–H groups in total. The summed E-state index contributed by atoms with van der Waals surface area (Å²) in [6.45, 7) is 12.2. The Kier molecular flexibility index (Phi) is 21.9. The van der Waals surface area contributed by atoms with Crippen LogP contribution in [-0.2, 0) is 9.30 Å². The summed E-state index contributed by atoms with van der Waals surface area (Å²) in [6, 6.07) is 2.64. The summed E-state index contributed by atoms with van der Waals surface area (Å²) in [5.74, 6) is 0. The van der Waals surface area contributed by atoms with Crippen molar-refractivity contribution in [2.24, 2.45) is 0 Å². The normalized spacial score (nSPS) is 13.7. The summed E-state index contributed by atoms with van der Waals surface area (Å²) >= 11 is 0. The number of nitrogens with zero attached hydrogens (tertiary/aromatic N) is 2. The summed E-state index contributed by atoms with van der Waals surface area (Å²) in [5.41, 5.74) is 0. The van der Waals surface area contributed by atoms with E-state index < -0.39 is 7.29 Å². The molecule has 33 heavy (non-hydrogen) atoms. The Morgan fingerprint density at radius 2 is 1.12 bits per heavy atom. The van der Waals surface area contributed by atoms with Gasteiger partial charge in [-0.2, -0.15) is 5.26 Å². The molecule has 0 bridgehead atoms. The Labute approximate surface area is 207 Å². The van der Waals surface area contributed by atoms with Gasteiger partial charge in [-0.05, 0) is 40.5 Å². The molecule has 4 nitrogen and oxygen atoms in total. The largest absolute Gasteiger partial charge is 0.381 e. The first-order chi connectivity index (χ1) is 15.9. The smallest absolute Gasteiger partial charge is 0.151 e. The van der Waals surface area contributed by atoms with Crippen LogP contribution in [0.2, 0.25) is 0 Å². The second-order valence-electron chi connectivity index (χ2n) is 10.3. The molecule has 5 heteroatoms. The van der Waals surface area contributed by atoms with Gasteiger partial charge in [0, 0.05) is 44.0 Å². The maximum Gasteiger partial charge on any atom is 0.151 e. The van der Waals surface area contributed by atoms with E-state index in [9.17, 15) is 4.57 Å². The van der Waals surface area contributed by atoms with E-state index in [1.807, 2.05) is 0 Å². The Balaban J connectivity index is 3.71. The molecular formula is C28H57N2O2P. The number of hydrogen-bond acceptors (Lipinski definition) is 3. The highest BCUT2D eigenvalue weighted by atomic mass is 31.2. The summed E-state index contributed by atoms with van der Waals surface area (Å²) in [7, 11) is -2.52. The van der Waals surface area contributed by atoms with Gasteiger partial charge in [-0.15, -0.1) is 0 Å². The van der Waals surface area contributed by atoms with E-state index in [-0.39, 0.29) is 12.1 Å². The topological polar surface area (TPSA) is 53.3 Å². The van der Waals surface area contributed by atoms with Gasteiger partial charge in [0.15, 0.2) is 7.29 Å². The van der Waals surface area contributed by atoms with Crippen molar-refractivity contribution in [3.8, 4) is 6.07 Å². The van der Waals surface area contributed by atoms with Gasteiger partial charge in [-0.1, -0.05) is 90.4 Å². The second-order valence-corrected chi connectivity index (χ2v) is 13.4. The number of hydrogen-bond donors (Lipinski definition) is 0. The lowest BCUT2D eigenvalue weighted by molar-refractivity contribution is 0.130. The zero-order valence-electron chi connectivity index (χ0n) is 23.0. The minimum absolute atomic E-state index is 0.228. The van der Waals surface area contributed by atoms with Crippen LogP contribution in [0.3, 0.4) is 0 Å². The van der Waals surface area contributed by atoms with Gasteiger partial charge < -0.3 is 9.30 Å². The number of unbranched alkanes of at least 4 members (excludes halogenated alkanes) is 13. The van der Waals surface area contributed by atoms with Gasteiger partial charge in [-0.25, -0.2) is 4.67 Å². The van der Waals surface area contributed by atoms with E-state index in [0.29, 0.717) is 25.4 Å². The van der Waals surface area contributed by atoms with E-state index in [2.05, 4.69) is 45.4 Å². The summed E-state index contributed by atoms with van der Waals surface area (Å²) in [4.78, 5) is 0. The molecule has 0 saturated carbocycles. The number of nitriles is 1. The Morgan fingerprint density at radius 3 is 1.55 bits per heavy atom. The molecule has 0 radical (unpaired) electrons. The molecule has 0 saturated heterocycles. The molecule has 0 amide bonds. The predicted molar refractivity (Wildman–Crippen MR) is 145 cm³/mol. The molecule has 0 spiro atoms. The quantitative estimate of drug-likeness (QED) is 0.101. The van der Waals surface area contributed by atoms with E-state index in [1.54, 1.807) is 0 Å². The van der Waals surface area contributed by atoms with Gasteiger partial charge in [0.2, 0.25) is 0 Å². The van der Waals surface area contributed by atoms with E-state index >= 15 is 0 Å². The van der Waals surface area contributed by atoms with Crippen molar-refractivity contribution in [1.82, 2.24) is 4.67 Å². The van der Waals surface area contributed by atoms with Crippen molar-refractivity contribution in [3.05, 3.63) is 0 Å². The standard InChI is InChI=1S/C28H57N2O2P/c1-6-7-8-9-10-11-12-13-14-15-16-17-18-19-23-32-24-21-26-33(31,25-20-22-29)30(27(2)3)28(4)5/h27-28H,6-21,23-26H2,1-5H3. The van der Waals surface area contributed by atoms with Crippen molar-refractivity contribution in [2.75, 3.05) is 25.5 Å². The van der Waals surface area contributed by atoms with Crippen molar-refractivity contribution in [2.45, 2.75) is 149 Å². The summed E-state index contributed by atoms with van der Waals surface area (Å²) in [5, 5.41) is 9.00. The van der Waals surface area contributed by atoms with Crippen molar-refractivity contribution in [1.29, 1.82) is 5.26 Å². The Hall–Kier alpha value is -0.360. The van der Waals surface area contributed by atoms with Gasteiger partial charge in [0.05, 0.1) is 6.07 Å². The number of rotatable bonds is 24. The molecule has 0 heterocycles. The molecule has 1 unspecified atom stereocenters. The lowest BCUT2D eigenvalue weighted by Gasteiger charge is -2.38. The van der Waals surface area contributed by atoms with Crippen LogP contribution in [0.5, 0.6) is 0 Å². The molecule has 0 rings (SSSR count). The van der Waals surface area contributed by atoms with Crippen molar-refractivity contribution < 1.29 is 9.30 Å². The third kappa shape index (κ3) is 17.7. The predicted octanol–water partition coefficient (Wildman–Crippen LogP) is 9.18. The van der Waals surface area contributed by atoms with Crippen LogP contribution in [0, 0.1) is 11.3 Å². The maximum absolute atomic E-state index is 13.6. The van der Waals surface area contributed by atoms with Gasteiger partial charge in [0.1, 0.15) is 0 Å². The first-order valence-corrected chi connectivity index (χ1v) is 16.2. The fourth-order valence-electron chi connectivity index (χ4n) is 4.92. The average Bonchev–Trinajstić information content (AvgIpc) is 2.76. The minimum Gasteiger partial charge on any atom is -0.381 e. The van der Waals surface area contributed by atoms with Crippen molar-refractivity contribution in [3.63, 3.8) is 0 Å². The lowest BCUT2D eigenvalue weighted by atomic mass is 10.0. The monoisotopic (exact) mass is 484 g/mol. The van der Waals surface area contributed by atoms with Crippen LogP contribution in [-0.4, -0.2) is 42.3 Å². The van der Waals surface area contributed by atoms with Crippen LogP contribution in [0.4, 0.5) is 0 Å². The molecular weight excluding hydrogens is 427 g/mol. The fourth-order valence-corrected chi connectivity index (χ4v) is 8.36. The number of ether oxygens (including phenoxy) is 1. The maximum atomic E-state index is 13.6. The van der Waals surface area contributed by atoms with E-state index in [4.69, 9.17) is 10.00 Å². The van der Waals surface area contributed by atoms with Crippen LogP contribution in [0.25, 0.3) is 0 Å². The molecule has 0 fully saturated rings. The zero-order chi connectivity index (χ0) is 24.8. The van der Waals surface area contributed by atoms with Crippen LogP contribution in [0.15, 0.2) is 0 Å². The SMILES string of the molecule is CCCCCCCCCCCCCCCCOCCCP(=O)(CCC#N)N(C(C)C)C(C)C. The lowest BCUT2D eigenvalue weighted by Crippen LogP contribution is -2.36. The molecule has 0 aliphatic rings. The molecule has 0 aromatic carbocycles. The van der Waals surface area contributed by atoms with Crippen LogP contribution in [0.1, 0.15) is 137 Å². The third-order valence-corrected chi connectivity index (χ3v) is 10.2. The molecule has 1 atom stereocenters. The fraction of sp³-hybridized carbons (Fsp3) is 0.964. The first kappa shape index (κ1) is 32.6. The minimum atomic E-state index is -2.52. The highest BCUT2D eigenvalue weighted by molar-refractivity contribution is 7.61. The third-order valence-electron chi connectivity index (χ3n) is 6.49. The van der Waals surface area contributed by atoms with Crippen LogP contribution >= 0.6 is 7.29 Å². The van der Waals surface area contributed by atoms with Gasteiger partial charge >= 0.3 is 0 Å². The average molecular weight is 485 g/mol. The molecule has 196 valence electrons. The molecule has 0 aliphatic heterocycles. The van der Waals surface area contributed by atoms with Crippen molar-refractivity contribution >= 4 is 7.29 Å². The Morgan fingerprint density at radius 1 is 0.697 bits per heavy atom. The van der Waals surface area contributed by atoms with Gasteiger partial charge in [0.25, 0.3) is 0 Å². The van der Waals surface area contributed by atoms with E-state index in [1.165, 1.54) is 83.5 Å². The van der Waals surface area contributed by atoms with E-state index in [0.717, 1.165) is 19.4 Å². The molecule has 0 aliphatic carbocycles. The highest BCUT2D eigenvalue weighted by Crippen LogP contribution is 2.53. The molecule has 0 aromatic heterocycles. The summed E-state index contributed by atoms with van der Waals surface area (Å²) in [6.07, 6.45) is 21.5.